The van der Waals surface area contributed by atoms with Crippen molar-refractivity contribution in [3.8, 4) is 5.88 Å². The number of ether oxygens (including phenoxy) is 2. The van der Waals surface area contributed by atoms with Gasteiger partial charge in [-0.2, -0.15) is 13.2 Å². The topological polar surface area (TPSA) is 161 Å². The number of esters is 1. The van der Waals surface area contributed by atoms with Crippen LogP contribution in [0.4, 0.5) is 13.2 Å². The van der Waals surface area contributed by atoms with Crippen molar-refractivity contribution in [2.45, 2.75) is 99.7 Å². The van der Waals surface area contributed by atoms with Crippen LogP contribution in [0.25, 0.3) is 16.8 Å². The first-order valence-electron chi connectivity index (χ1n) is 17.9. The largest absolute Gasteiger partial charge is 0.472 e. The van der Waals surface area contributed by atoms with Crippen LogP contribution < -0.4 is 14.8 Å². The standard InChI is InChI=1S/C37H43F3N4O8S/c1-2-26-21-36(26,35(48)43-53(49,50)28-12-13-28)42-32(46)30-20-27-22-44(30)34(47)25(9-7-15-37(38,39)40)19-31(45)51-17-6-4-3-5-8-23-10-11-24-14-16-41-33(52-27)29(24)18-23/h2,5,8,10-11,14,16,18,25-28,30H,1,3-4,6-7,9,12-13,15,17,19-22H2,(H,42,46)(H,43,48)/b8-5+/t25-,26+,27-,30+,36-/m1/s1. The summed E-state index contributed by atoms with van der Waals surface area (Å²) in [4.78, 5) is 60.4. The second-order valence-corrected chi connectivity index (χ2v) is 16.2. The minimum atomic E-state index is -4.49. The van der Waals surface area contributed by atoms with E-state index < -0.39 is 93.9 Å². The maximum Gasteiger partial charge on any atom is 0.389 e. The summed E-state index contributed by atoms with van der Waals surface area (Å²) in [5.41, 5.74) is -0.758. The third-order valence-corrected chi connectivity index (χ3v) is 12.1. The van der Waals surface area contributed by atoms with Crippen LogP contribution in [0.5, 0.6) is 5.88 Å². The van der Waals surface area contributed by atoms with E-state index in [0.717, 1.165) is 10.9 Å². The zero-order valence-corrected chi connectivity index (χ0v) is 29.9. The van der Waals surface area contributed by atoms with E-state index in [-0.39, 0.29) is 38.3 Å². The Hall–Kier alpha value is -4.47. The van der Waals surface area contributed by atoms with E-state index in [1.165, 1.54) is 11.0 Å². The number of hydrogen-bond acceptors (Lipinski definition) is 9. The third kappa shape index (κ3) is 9.19. The normalized spacial score (nSPS) is 27.5. The lowest BCUT2D eigenvalue weighted by Crippen LogP contribution is -2.57. The molecule has 2 aliphatic heterocycles. The molecule has 6 rings (SSSR count). The molecule has 1 saturated heterocycles. The Labute approximate surface area is 305 Å². The highest BCUT2D eigenvalue weighted by molar-refractivity contribution is 7.91. The summed E-state index contributed by atoms with van der Waals surface area (Å²) in [5.74, 6) is -4.79. The van der Waals surface area contributed by atoms with Crippen LogP contribution in [-0.2, 0) is 33.9 Å². The Morgan fingerprint density at radius 1 is 1.15 bits per heavy atom. The van der Waals surface area contributed by atoms with Crippen LogP contribution >= 0.6 is 0 Å². The van der Waals surface area contributed by atoms with Gasteiger partial charge in [-0.15, -0.1) is 6.58 Å². The number of nitrogens with zero attached hydrogens (tertiary/aromatic N) is 2. The molecule has 286 valence electrons. The number of amides is 3. The number of alkyl halides is 3. The first-order valence-corrected chi connectivity index (χ1v) is 19.5. The molecule has 0 radical (unpaired) electrons. The minimum Gasteiger partial charge on any atom is -0.472 e. The number of halogens is 3. The predicted octanol–water partition coefficient (Wildman–Crippen LogP) is 4.73. The molecule has 3 fully saturated rings. The second-order valence-electron chi connectivity index (χ2n) is 14.3. The molecule has 2 N–H and O–H groups in total. The van der Waals surface area contributed by atoms with Crippen molar-refractivity contribution in [2.75, 3.05) is 13.2 Å². The van der Waals surface area contributed by atoms with Gasteiger partial charge >= 0.3 is 12.1 Å². The molecule has 2 aromatic rings. The summed E-state index contributed by atoms with van der Waals surface area (Å²) in [6, 6.07) is 6.29. The van der Waals surface area contributed by atoms with Crippen molar-refractivity contribution in [1.29, 1.82) is 0 Å². The van der Waals surface area contributed by atoms with Crippen molar-refractivity contribution < 1.29 is 50.2 Å². The van der Waals surface area contributed by atoms with Gasteiger partial charge in [-0.25, -0.2) is 13.4 Å². The first-order chi connectivity index (χ1) is 25.2. The summed E-state index contributed by atoms with van der Waals surface area (Å²) >= 11 is 0. The molecule has 3 amide bonds. The molecular weight excluding hydrogens is 717 g/mol. The van der Waals surface area contributed by atoms with Crippen LogP contribution in [0.3, 0.4) is 0 Å². The fourth-order valence-corrected chi connectivity index (χ4v) is 8.40. The minimum absolute atomic E-state index is 0.0664. The number of cyclic esters (lactones) is 1. The summed E-state index contributed by atoms with van der Waals surface area (Å²) in [6.07, 6.45) is 1.96. The van der Waals surface area contributed by atoms with Crippen LogP contribution in [0.1, 0.15) is 76.2 Å². The van der Waals surface area contributed by atoms with Gasteiger partial charge in [0.15, 0.2) is 0 Å². The molecule has 1 aromatic carbocycles. The molecule has 5 atom stereocenters. The van der Waals surface area contributed by atoms with Gasteiger partial charge in [0.05, 0.1) is 24.8 Å². The summed E-state index contributed by atoms with van der Waals surface area (Å²) < 4.78 is 78.6. The van der Waals surface area contributed by atoms with Crippen molar-refractivity contribution in [3.05, 3.63) is 54.8 Å². The van der Waals surface area contributed by atoms with Crippen molar-refractivity contribution in [3.63, 3.8) is 0 Å². The van der Waals surface area contributed by atoms with E-state index in [9.17, 15) is 40.8 Å². The lowest BCUT2D eigenvalue weighted by molar-refractivity contribution is -0.151. The van der Waals surface area contributed by atoms with E-state index in [0.29, 0.717) is 37.5 Å². The lowest BCUT2D eigenvalue weighted by atomic mass is 9.96. The highest BCUT2D eigenvalue weighted by Gasteiger charge is 2.62. The van der Waals surface area contributed by atoms with Crippen molar-refractivity contribution in [1.82, 2.24) is 19.9 Å². The molecule has 16 heteroatoms. The molecule has 4 aliphatic rings. The average Bonchev–Trinajstić information content (AvgIpc) is 4.03. The van der Waals surface area contributed by atoms with Crippen molar-refractivity contribution in [2.24, 2.45) is 11.8 Å². The summed E-state index contributed by atoms with van der Waals surface area (Å²) in [6.45, 7) is 3.60. The zero-order valence-electron chi connectivity index (χ0n) is 29.1. The van der Waals surface area contributed by atoms with Gasteiger partial charge in [-0.05, 0) is 74.4 Å². The van der Waals surface area contributed by atoms with Gasteiger partial charge in [-0.3, -0.25) is 23.9 Å². The molecular formula is C37H43F3N4O8S. The molecule has 0 unspecified atom stereocenters. The van der Waals surface area contributed by atoms with Crippen LogP contribution in [0, 0.1) is 11.8 Å². The molecule has 1 aromatic heterocycles. The fraction of sp³-hybridized carbons (Fsp3) is 0.541. The van der Waals surface area contributed by atoms with Gasteiger partial charge in [-0.1, -0.05) is 30.4 Å². The zero-order chi connectivity index (χ0) is 38.0. The Balaban J connectivity index is 1.31. The number of rotatable bonds is 9. The highest BCUT2D eigenvalue weighted by Crippen LogP contribution is 2.45. The Morgan fingerprint density at radius 2 is 1.94 bits per heavy atom. The SMILES string of the molecule is C=C[C@H]1C[C@]1(NC(=O)[C@@H]1C[C@@H]2CN1C(=O)[C@H](CCCC(F)(F)F)CC(=O)OCCCC/C=C/c1ccc3ccnc(c3c1)O2)C(=O)NS(=O)(=O)C1CC1. The monoisotopic (exact) mass is 760 g/mol. The number of carbonyl (C=O) groups is 4. The first kappa shape index (κ1) is 38.3. The van der Waals surface area contributed by atoms with E-state index in [1.54, 1.807) is 6.20 Å². The molecule has 12 nitrogen and oxygen atoms in total. The maximum absolute atomic E-state index is 14.3. The van der Waals surface area contributed by atoms with Gasteiger partial charge in [0.2, 0.25) is 27.7 Å². The van der Waals surface area contributed by atoms with Crippen LogP contribution in [-0.4, -0.2) is 84.3 Å². The maximum atomic E-state index is 14.3. The summed E-state index contributed by atoms with van der Waals surface area (Å²) in [7, 11) is -3.96. The number of nitrogens with one attached hydrogen (secondary N) is 2. The van der Waals surface area contributed by atoms with E-state index in [2.05, 4.69) is 21.6 Å². The van der Waals surface area contributed by atoms with Gasteiger partial charge < -0.3 is 19.7 Å². The number of aromatic nitrogens is 1. The third-order valence-electron chi connectivity index (χ3n) is 10.2. The van der Waals surface area contributed by atoms with Gasteiger partial charge in [0, 0.05) is 36.3 Å². The Morgan fingerprint density at radius 3 is 2.66 bits per heavy atom. The average molecular weight is 761 g/mol. The predicted molar refractivity (Wildman–Crippen MR) is 187 cm³/mol. The number of hydrogen-bond donors (Lipinski definition) is 2. The molecule has 2 saturated carbocycles. The number of allylic oxidation sites excluding steroid dienone is 1. The van der Waals surface area contributed by atoms with E-state index in [4.69, 9.17) is 9.47 Å². The molecule has 3 heterocycles. The van der Waals surface area contributed by atoms with Crippen molar-refractivity contribution >= 4 is 50.6 Å². The van der Waals surface area contributed by atoms with Crippen LogP contribution in [0.15, 0.2) is 49.2 Å². The summed E-state index contributed by atoms with van der Waals surface area (Å²) in [5, 5.41) is 3.51. The number of carbonyl (C=O) groups excluding carboxylic acids is 4. The molecule has 4 bridgehead atoms. The number of benzene rings is 1. The number of pyridine rings is 1. The number of sulfonamides is 1. The van der Waals surface area contributed by atoms with Crippen LogP contribution in [0.2, 0.25) is 0 Å². The molecule has 2 aliphatic carbocycles. The van der Waals surface area contributed by atoms with E-state index in [1.807, 2.05) is 36.4 Å². The molecule has 0 spiro atoms. The Bertz CT molecular complexity index is 1900. The highest BCUT2D eigenvalue weighted by atomic mass is 32.2. The van der Waals surface area contributed by atoms with Gasteiger partial charge in [0.1, 0.15) is 17.7 Å². The number of fused-ring (bicyclic) bond motifs is 3. The quantitative estimate of drug-likeness (QED) is 0.272. The molecule has 53 heavy (non-hydrogen) atoms. The Kier molecular flexibility index (Phi) is 11.2. The van der Waals surface area contributed by atoms with Gasteiger partial charge in [0.25, 0.3) is 5.91 Å². The van der Waals surface area contributed by atoms with E-state index >= 15 is 0 Å². The lowest BCUT2D eigenvalue weighted by Gasteiger charge is -2.29. The second kappa shape index (κ2) is 15.5. The fourth-order valence-electron chi connectivity index (χ4n) is 7.03. The smallest absolute Gasteiger partial charge is 0.389 e.